The first-order chi connectivity index (χ1) is 20.0. The minimum Gasteiger partial charge on any atom is -0.394 e. The van der Waals surface area contributed by atoms with Gasteiger partial charge < -0.3 is 88.7 Å². The molecule has 0 aromatic carbocycles. The Kier molecular flexibility index (Phi) is 14.1. The highest BCUT2D eigenvalue weighted by Crippen LogP contribution is 2.36. The average molecular weight is 613 g/mol. The summed E-state index contributed by atoms with van der Waals surface area (Å²) in [7, 11) is 0. The van der Waals surface area contributed by atoms with Crippen LogP contribution in [0.4, 0.5) is 0 Å². The molecule has 0 bridgehead atoms. The maximum Gasteiger partial charge on any atom is 0.186 e. The Balaban J connectivity index is 1.84. The van der Waals surface area contributed by atoms with Crippen LogP contribution in [-0.2, 0) is 18.9 Å². The summed E-state index contributed by atoms with van der Waals surface area (Å²) in [6, 6.07) is -2.88. The van der Waals surface area contributed by atoms with Crippen molar-refractivity contribution >= 4 is 0 Å². The molecule has 17 heteroatoms. The molecule has 2 saturated heterocycles. The van der Waals surface area contributed by atoms with Gasteiger partial charge in [-0.3, -0.25) is 0 Å². The molecular weight excluding hydrogens is 560 g/mol. The fraction of sp³-hybridized carbons (Fsp3) is 1.00. The lowest BCUT2D eigenvalue weighted by Crippen LogP contribution is -2.68. The van der Waals surface area contributed by atoms with Crippen molar-refractivity contribution in [1.29, 1.82) is 0 Å². The van der Waals surface area contributed by atoms with E-state index in [0.717, 1.165) is 0 Å². The van der Waals surface area contributed by atoms with Crippen LogP contribution in [0.1, 0.15) is 25.7 Å². The molecule has 2 unspecified atom stereocenters. The van der Waals surface area contributed by atoms with E-state index in [1.165, 1.54) is 0 Å². The van der Waals surface area contributed by atoms with Crippen LogP contribution in [0.3, 0.4) is 0 Å². The Morgan fingerprint density at radius 2 is 1.50 bits per heavy atom. The molecule has 3 rings (SSSR count). The standard InChI is InChI=1S/C25H52N6O11/c26-4-1-5-31-16-20(37)18(35)13(8-28)39-24(16)42-23-12(29)6-10(2-3-11(33)7-27)22(21(23)38)41-25-19(36)15(30)17(34)14(9-32)40-25/h10-25,31-38H,1-9,26-30H2/t10-,11?,12+,13-,14-,15+,16-,17-,18-,19-,20-,21-,22+,23?,24-,25-/m1/s1. The zero-order valence-electron chi connectivity index (χ0n) is 23.8. The zero-order chi connectivity index (χ0) is 31.1. The van der Waals surface area contributed by atoms with Gasteiger partial charge in [-0.2, -0.15) is 0 Å². The average Bonchev–Trinajstić information content (AvgIpc) is 2.98. The number of aliphatic hydroxyl groups is 7. The Labute approximate surface area is 245 Å². The minimum atomic E-state index is -1.50. The molecule has 0 amide bonds. The van der Waals surface area contributed by atoms with Crippen LogP contribution in [-0.4, -0.2) is 160 Å². The van der Waals surface area contributed by atoms with Crippen molar-refractivity contribution in [3.8, 4) is 0 Å². The number of aliphatic hydroxyl groups excluding tert-OH is 7. The summed E-state index contributed by atoms with van der Waals surface area (Å²) in [5, 5.41) is 76.7. The number of ether oxygens (including phenoxy) is 4. The SMILES string of the molecule is NCCCN[C@H]1[C@@H](OC2[C@@H](N)C[C@@H](CCC(O)CN)[C@H](O[C@H]3O[C@H](CO)[C@@H](O)[C@H](N)[C@H]3O)[C@H]2O)O[C@H](CN)[C@@H](O)[C@@H]1O. The number of rotatable bonds is 14. The molecule has 42 heavy (non-hydrogen) atoms. The fourth-order valence-electron chi connectivity index (χ4n) is 5.88. The monoisotopic (exact) mass is 612 g/mol. The summed E-state index contributed by atoms with van der Waals surface area (Å²) in [6.07, 6.45) is -13.2. The van der Waals surface area contributed by atoms with Crippen LogP contribution in [0, 0.1) is 5.92 Å². The number of nitrogens with one attached hydrogen (secondary N) is 1. The lowest BCUT2D eigenvalue weighted by atomic mass is 9.77. The smallest absolute Gasteiger partial charge is 0.186 e. The maximum absolute atomic E-state index is 11.6. The van der Waals surface area contributed by atoms with E-state index < -0.39 is 104 Å². The topological polar surface area (TPSA) is 321 Å². The molecule has 3 fully saturated rings. The molecule has 0 radical (unpaired) electrons. The fourth-order valence-corrected chi connectivity index (χ4v) is 5.88. The predicted molar refractivity (Wildman–Crippen MR) is 147 cm³/mol. The van der Waals surface area contributed by atoms with E-state index in [-0.39, 0.29) is 25.9 Å². The van der Waals surface area contributed by atoms with Gasteiger partial charge in [0.15, 0.2) is 12.6 Å². The van der Waals surface area contributed by atoms with Gasteiger partial charge in [-0.25, -0.2) is 0 Å². The van der Waals surface area contributed by atoms with Crippen LogP contribution in [0.5, 0.6) is 0 Å². The minimum absolute atomic E-state index is 0.0298. The quantitative estimate of drug-likeness (QED) is 0.0810. The lowest BCUT2D eigenvalue weighted by molar-refractivity contribution is -0.325. The van der Waals surface area contributed by atoms with Crippen LogP contribution < -0.4 is 34.0 Å². The van der Waals surface area contributed by atoms with Gasteiger partial charge >= 0.3 is 0 Å². The lowest BCUT2D eigenvalue weighted by Gasteiger charge is -2.49. The molecule has 18 N–H and O–H groups in total. The van der Waals surface area contributed by atoms with Crippen molar-refractivity contribution in [2.45, 2.75) is 117 Å². The summed E-state index contributed by atoms with van der Waals surface area (Å²) in [5.41, 5.74) is 29.3. The Morgan fingerprint density at radius 1 is 0.833 bits per heavy atom. The van der Waals surface area contributed by atoms with Gasteiger partial charge in [-0.15, -0.1) is 0 Å². The van der Waals surface area contributed by atoms with Gasteiger partial charge in [-0.1, -0.05) is 0 Å². The van der Waals surface area contributed by atoms with E-state index in [1.807, 2.05) is 0 Å². The van der Waals surface area contributed by atoms with Gasteiger partial charge in [0.1, 0.15) is 48.8 Å². The molecule has 16 atom stereocenters. The number of nitrogens with two attached hydrogens (primary N) is 5. The maximum atomic E-state index is 11.6. The van der Waals surface area contributed by atoms with Crippen molar-refractivity contribution in [2.24, 2.45) is 34.6 Å². The summed E-state index contributed by atoms with van der Waals surface area (Å²) in [5.74, 6) is -0.461. The molecule has 17 nitrogen and oxygen atoms in total. The van der Waals surface area contributed by atoms with Crippen molar-refractivity contribution < 1.29 is 54.7 Å². The van der Waals surface area contributed by atoms with Gasteiger partial charge in [0, 0.05) is 19.1 Å². The highest BCUT2D eigenvalue weighted by molar-refractivity contribution is 5.01. The molecular formula is C25H52N6O11. The number of hydrogen-bond acceptors (Lipinski definition) is 17. The first-order valence-corrected chi connectivity index (χ1v) is 14.6. The second-order valence-corrected chi connectivity index (χ2v) is 11.5. The largest absolute Gasteiger partial charge is 0.394 e. The van der Waals surface area contributed by atoms with Crippen molar-refractivity contribution in [1.82, 2.24) is 5.32 Å². The molecule has 0 spiro atoms. The Hall–Kier alpha value is -0.680. The predicted octanol–water partition coefficient (Wildman–Crippen LogP) is -6.96. The van der Waals surface area contributed by atoms with E-state index >= 15 is 0 Å². The summed E-state index contributed by atoms with van der Waals surface area (Å²) in [6.45, 7) is 0.0915. The first kappa shape index (κ1) is 35.8. The molecule has 3 aliphatic rings. The van der Waals surface area contributed by atoms with E-state index in [4.69, 9.17) is 47.6 Å². The molecule has 1 saturated carbocycles. The third-order valence-electron chi connectivity index (χ3n) is 8.49. The molecule has 0 aromatic heterocycles. The molecule has 248 valence electrons. The third kappa shape index (κ3) is 8.32. The van der Waals surface area contributed by atoms with Crippen LogP contribution in [0.2, 0.25) is 0 Å². The highest BCUT2D eigenvalue weighted by Gasteiger charge is 2.52. The van der Waals surface area contributed by atoms with Gasteiger partial charge in [0.05, 0.1) is 30.9 Å². The summed E-state index contributed by atoms with van der Waals surface area (Å²) < 4.78 is 23.8. The van der Waals surface area contributed by atoms with Crippen molar-refractivity contribution in [2.75, 3.05) is 32.8 Å². The van der Waals surface area contributed by atoms with Gasteiger partial charge in [-0.05, 0) is 44.7 Å². The molecule has 2 aliphatic heterocycles. The normalized spacial score (nSPS) is 45.6. The van der Waals surface area contributed by atoms with E-state index in [9.17, 15) is 35.7 Å². The van der Waals surface area contributed by atoms with E-state index in [1.54, 1.807) is 0 Å². The molecule has 2 heterocycles. The second kappa shape index (κ2) is 16.6. The van der Waals surface area contributed by atoms with Crippen LogP contribution in [0.15, 0.2) is 0 Å². The molecule has 0 aromatic rings. The third-order valence-corrected chi connectivity index (χ3v) is 8.49. The second-order valence-electron chi connectivity index (χ2n) is 11.5. The van der Waals surface area contributed by atoms with E-state index in [0.29, 0.717) is 25.9 Å². The summed E-state index contributed by atoms with van der Waals surface area (Å²) >= 11 is 0. The number of hydrogen-bond donors (Lipinski definition) is 13. The molecule has 1 aliphatic carbocycles. The van der Waals surface area contributed by atoms with Crippen molar-refractivity contribution in [3.63, 3.8) is 0 Å². The van der Waals surface area contributed by atoms with Crippen LogP contribution >= 0.6 is 0 Å². The van der Waals surface area contributed by atoms with E-state index in [2.05, 4.69) is 5.32 Å². The highest BCUT2D eigenvalue weighted by atomic mass is 16.7. The Morgan fingerprint density at radius 3 is 2.12 bits per heavy atom. The van der Waals surface area contributed by atoms with Gasteiger partial charge in [0.25, 0.3) is 0 Å². The first-order valence-electron chi connectivity index (χ1n) is 14.6. The van der Waals surface area contributed by atoms with Gasteiger partial charge in [0.2, 0.25) is 0 Å². The summed E-state index contributed by atoms with van der Waals surface area (Å²) in [4.78, 5) is 0. The Bertz CT molecular complexity index is 793. The zero-order valence-corrected chi connectivity index (χ0v) is 23.8. The van der Waals surface area contributed by atoms with Crippen molar-refractivity contribution in [3.05, 3.63) is 0 Å². The van der Waals surface area contributed by atoms with Crippen LogP contribution in [0.25, 0.3) is 0 Å².